The molecule has 1 unspecified atom stereocenters. The van der Waals surface area contributed by atoms with Gasteiger partial charge in [0.2, 0.25) is 0 Å². The van der Waals surface area contributed by atoms with Gasteiger partial charge in [-0.3, -0.25) is 9.59 Å². The minimum absolute atomic E-state index is 0.0451. The number of alkyl halides is 10. The summed E-state index contributed by atoms with van der Waals surface area (Å²) in [6.07, 6.45) is -7.05. The molecule has 0 saturated carbocycles. The summed E-state index contributed by atoms with van der Waals surface area (Å²) < 4.78 is 173. The van der Waals surface area contributed by atoms with Gasteiger partial charge in [-0.25, -0.2) is 28.1 Å². The fraction of sp³-hybridized carbons (Fsp3) is 0.175. The molecule has 0 aliphatic heterocycles. The second-order valence-electron chi connectivity index (χ2n) is 20.0. The zero-order valence-electron chi connectivity index (χ0n) is 48.3. The molecule has 1 atom stereocenters. The highest BCUT2D eigenvalue weighted by Crippen LogP contribution is 2.43. The summed E-state index contributed by atoms with van der Waals surface area (Å²) in [5, 5.41) is 35.1. The number of carbonyl (C=O) groups is 2. The van der Waals surface area contributed by atoms with Gasteiger partial charge in [0.05, 0.1) is 52.2 Å². The largest absolute Gasteiger partial charge is 0.505 e. The molecule has 3 aromatic carbocycles. The number of pyridine rings is 3. The standard InChI is InChI=1S/C19H13Cl2F4N5OS.C19H10Cl2F4N4O2S.C16H6Cl2F4N4OS.C3H5BrO/c1-8(26)7-31-15-4-11(20)10(3-13(15)22)17-28-29-18(32-17)14-6-30-5-9(19(23,24)25)2-12(21)16(30)27-14;1-8(30)7-31-15-4-11(20)10(3-13(15)22)17-27-28-18(32-17)14-6-29-5-9(19(23,24)25)2-12(21)16(29)26-14;17-8-3-12(27)10(19)2-7(8)14-24-25-15(28-14)11-5-26-4-6(16(20,21)22)1-9(18)13(26)23-11;1-3(5)2-4/h2-6,8H,7,26H2,1H3;2-6H,7H2,1H3;1-5,27H;2H2,1H3. The summed E-state index contributed by atoms with van der Waals surface area (Å²) in [6, 6.07) is 8.95. The van der Waals surface area contributed by atoms with E-state index in [1.54, 1.807) is 6.92 Å². The van der Waals surface area contributed by atoms with Crippen molar-refractivity contribution in [2.75, 3.05) is 18.5 Å². The molecule has 0 saturated heterocycles. The van der Waals surface area contributed by atoms with Crippen molar-refractivity contribution in [3.63, 3.8) is 0 Å². The van der Waals surface area contributed by atoms with Crippen LogP contribution in [0.1, 0.15) is 37.5 Å². The monoisotopic (exact) mass is 1590 g/mol. The Bertz CT molecular complexity index is 4970. The van der Waals surface area contributed by atoms with Crippen molar-refractivity contribution in [2.45, 2.75) is 45.3 Å². The molecule has 0 radical (unpaired) electrons. The molecule has 0 aliphatic rings. The van der Waals surface area contributed by atoms with E-state index in [2.05, 4.69) is 61.5 Å². The van der Waals surface area contributed by atoms with Gasteiger partial charge in [-0.2, -0.15) is 39.5 Å². The van der Waals surface area contributed by atoms with Crippen molar-refractivity contribution in [3.05, 3.63) is 156 Å². The molecule has 9 heterocycles. The fourth-order valence-corrected chi connectivity index (χ4v) is 12.1. The number of imidazole rings is 3. The Kier molecular flexibility index (Phi) is 22.7. The molecular weight excluding hydrogens is 1560 g/mol. The number of ether oxygens (including phenoxy) is 2. The molecule has 12 rings (SSSR count). The lowest BCUT2D eigenvalue weighted by Crippen LogP contribution is -2.23. The molecule has 97 heavy (non-hydrogen) atoms. The lowest BCUT2D eigenvalue weighted by molar-refractivity contribution is -0.138. The van der Waals surface area contributed by atoms with Gasteiger partial charge in [0.25, 0.3) is 0 Å². The van der Waals surface area contributed by atoms with Gasteiger partial charge in [0, 0.05) is 78.1 Å². The van der Waals surface area contributed by atoms with E-state index in [4.69, 9.17) is 84.8 Å². The number of halogens is 19. The fourth-order valence-electron chi connectivity index (χ4n) is 7.96. The number of hydrogen-bond acceptors (Lipinski definition) is 18. The Labute approximate surface area is 586 Å². The Balaban J connectivity index is 0.000000165. The molecule has 0 amide bonds. The minimum atomic E-state index is -4.57. The van der Waals surface area contributed by atoms with Crippen LogP contribution in [-0.2, 0) is 28.1 Å². The van der Waals surface area contributed by atoms with Gasteiger partial charge in [-0.05, 0) is 57.2 Å². The predicted octanol–water partition coefficient (Wildman–Crippen LogP) is 18.3. The highest BCUT2D eigenvalue weighted by atomic mass is 79.9. The second-order valence-corrected chi connectivity index (χ2v) is 25.9. The zero-order valence-corrected chi connectivity index (χ0v) is 56.9. The van der Waals surface area contributed by atoms with Crippen molar-refractivity contribution < 1.29 is 76.9 Å². The van der Waals surface area contributed by atoms with Gasteiger partial charge >= 0.3 is 18.5 Å². The molecule has 12 aromatic rings. The molecule has 0 spiro atoms. The third-order valence-corrected chi connectivity index (χ3v) is 17.8. The quantitative estimate of drug-likeness (QED) is 0.0808. The van der Waals surface area contributed by atoms with Gasteiger partial charge in [-0.15, -0.1) is 30.6 Å². The molecule has 40 heteroatoms. The van der Waals surface area contributed by atoms with E-state index >= 15 is 0 Å². The summed E-state index contributed by atoms with van der Waals surface area (Å²) in [7, 11) is 0. The van der Waals surface area contributed by atoms with E-state index in [9.17, 15) is 67.4 Å². The van der Waals surface area contributed by atoms with Crippen LogP contribution in [0.3, 0.4) is 0 Å². The van der Waals surface area contributed by atoms with Crippen molar-refractivity contribution in [1.82, 2.24) is 58.7 Å². The van der Waals surface area contributed by atoms with Crippen LogP contribution in [0.15, 0.2) is 91.8 Å². The Morgan fingerprint density at radius 1 is 0.495 bits per heavy atom. The Morgan fingerprint density at radius 3 is 1.11 bits per heavy atom. The van der Waals surface area contributed by atoms with Gasteiger partial charge in [0.1, 0.15) is 51.1 Å². The van der Waals surface area contributed by atoms with Crippen LogP contribution in [0.5, 0.6) is 17.2 Å². The van der Waals surface area contributed by atoms with E-state index < -0.39 is 58.4 Å². The number of fused-ring (bicyclic) bond motifs is 3. The summed E-state index contributed by atoms with van der Waals surface area (Å²) in [5.41, 5.74) is 4.65. The van der Waals surface area contributed by atoms with Crippen molar-refractivity contribution in [3.8, 4) is 81.1 Å². The number of phenolic OH excluding ortho intramolecular Hbond substituents is 1. The first-order valence-corrected chi connectivity index (χ1v) is 32.3. The average molecular weight is 1600 g/mol. The number of aromatic nitrogens is 12. The topological polar surface area (TPSA) is 228 Å². The molecular formula is C57H34BrCl6F12N13O5S3. The Hall–Kier alpha value is -7.51. The third kappa shape index (κ3) is 17.7. The lowest BCUT2D eigenvalue weighted by atomic mass is 10.2. The summed E-state index contributed by atoms with van der Waals surface area (Å²) in [4.78, 5) is 33.4. The molecule has 3 N–H and O–H groups in total. The van der Waals surface area contributed by atoms with Gasteiger partial charge < -0.3 is 33.5 Å². The highest BCUT2D eigenvalue weighted by Gasteiger charge is 2.35. The maximum Gasteiger partial charge on any atom is 0.417 e. The van der Waals surface area contributed by atoms with E-state index in [1.165, 1.54) is 55.0 Å². The summed E-state index contributed by atoms with van der Waals surface area (Å²) in [6.45, 7) is 4.36. The number of nitrogens with zero attached hydrogens (tertiary/aromatic N) is 12. The maximum absolute atomic E-state index is 14.4. The molecule has 508 valence electrons. The molecule has 9 aromatic heterocycles. The molecule has 0 aliphatic carbocycles. The van der Waals surface area contributed by atoms with Crippen LogP contribution in [0.4, 0.5) is 52.7 Å². The van der Waals surface area contributed by atoms with E-state index in [1.807, 2.05) is 0 Å². The van der Waals surface area contributed by atoms with Crippen LogP contribution >= 0.6 is 120 Å². The summed E-state index contributed by atoms with van der Waals surface area (Å²) in [5.74, 6) is -3.23. The zero-order chi connectivity index (χ0) is 70.9. The molecule has 0 bridgehead atoms. The van der Waals surface area contributed by atoms with Crippen LogP contribution in [0.2, 0.25) is 30.1 Å². The molecule has 18 nitrogen and oxygen atoms in total. The Morgan fingerprint density at radius 2 is 0.804 bits per heavy atom. The highest BCUT2D eigenvalue weighted by molar-refractivity contribution is 9.09. The van der Waals surface area contributed by atoms with Crippen LogP contribution < -0.4 is 15.2 Å². The number of phenols is 1. The number of carbonyl (C=O) groups excluding carboxylic acids is 2. The van der Waals surface area contributed by atoms with Crippen LogP contribution in [-0.4, -0.2) is 100 Å². The van der Waals surface area contributed by atoms with Crippen LogP contribution in [0.25, 0.3) is 80.8 Å². The number of ketones is 2. The third-order valence-electron chi connectivity index (χ3n) is 12.3. The summed E-state index contributed by atoms with van der Waals surface area (Å²) >= 11 is 42.4. The number of aromatic hydroxyl groups is 1. The predicted molar refractivity (Wildman–Crippen MR) is 345 cm³/mol. The van der Waals surface area contributed by atoms with E-state index in [0.29, 0.717) is 15.3 Å². The van der Waals surface area contributed by atoms with Gasteiger partial charge in [0.15, 0.2) is 72.4 Å². The number of Topliss-reactive ketones (excluding diaryl/α,β-unsaturated/α-hetero) is 2. The SMILES string of the molecule is CC(=O)CBr.CC(=O)COc1cc(Cl)c(-c2nnc(-c3cn4cc(C(F)(F)F)cc(Cl)c4n3)s2)cc1F.CC(N)COc1cc(Cl)c(-c2nnc(-c3cn4cc(C(F)(F)F)cc(Cl)c4n3)s2)cc1F.Oc1cc(Cl)c(-c2nnc(-c3cn4cc(C(F)(F)F)cc(Cl)c4n3)s2)cc1F. The lowest BCUT2D eigenvalue weighted by Gasteiger charge is -2.11. The molecule has 0 fully saturated rings. The van der Waals surface area contributed by atoms with Crippen LogP contribution in [0, 0.1) is 17.5 Å². The normalized spacial score (nSPS) is 12.1. The first-order valence-electron chi connectivity index (χ1n) is 26.5. The van der Waals surface area contributed by atoms with Crippen molar-refractivity contribution >= 4 is 148 Å². The first kappa shape index (κ1) is 73.7. The van der Waals surface area contributed by atoms with E-state index in [0.717, 1.165) is 97.8 Å². The van der Waals surface area contributed by atoms with E-state index in [-0.39, 0.29) is 143 Å². The number of rotatable bonds is 13. The maximum atomic E-state index is 14.4. The number of hydrogen-bond donors (Lipinski definition) is 2. The van der Waals surface area contributed by atoms with Crippen molar-refractivity contribution in [2.24, 2.45) is 5.73 Å². The first-order chi connectivity index (χ1) is 45.4. The van der Waals surface area contributed by atoms with Crippen molar-refractivity contribution in [1.29, 1.82) is 0 Å². The number of nitrogens with two attached hydrogens (primary N) is 1. The minimum Gasteiger partial charge on any atom is -0.505 e. The smallest absolute Gasteiger partial charge is 0.417 e. The second kappa shape index (κ2) is 29.9. The van der Waals surface area contributed by atoms with Gasteiger partial charge in [-0.1, -0.05) is 120 Å². The average Bonchev–Trinajstić information content (AvgIpc) is 1.67. The number of benzene rings is 3.